The number of ether oxygens (including phenoxy) is 3. The molecule has 0 unspecified atom stereocenters. The topological polar surface area (TPSA) is 43.3 Å². The smallest absolute Gasteiger partial charge is 0.214 e. The Bertz CT molecular complexity index is 1110. The fraction of sp³-hybridized carbons (Fsp3) is 0.208. The van der Waals surface area contributed by atoms with E-state index >= 15 is 0 Å². The van der Waals surface area contributed by atoms with Gasteiger partial charge in [-0.05, 0) is 60.2 Å². The molecule has 3 aromatic carbocycles. The lowest BCUT2D eigenvalue weighted by molar-refractivity contribution is -0.0191. The summed E-state index contributed by atoms with van der Waals surface area (Å²) in [5.74, 6) is 2.44. The van der Waals surface area contributed by atoms with E-state index in [1.165, 1.54) is 0 Å². The van der Waals surface area contributed by atoms with Crippen LogP contribution in [-0.2, 0) is 0 Å². The summed E-state index contributed by atoms with van der Waals surface area (Å²) in [6.07, 6.45) is 0.415. The van der Waals surface area contributed by atoms with Gasteiger partial charge in [-0.1, -0.05) is 23.7 Å². The number of nitrogens with zero attached hydrogens (tertiary/aromatic N) is 2. The minimum atomic E-state index is -0.352. The standard InChI is InChI=1S/C24H21ClN2O3/c1-28-18-9-6-15(7-10-18)21-14-22-20-13-17(25)8-11-23(20)30-24(27(22)26-21)16-4-3-5-19(12-16)29-2/h3-13,22,24H,14H2,1-2H3/t22-,24-/m1/s1. The first kappa shape index (κ1) is 18.8. The minimum absolute atomic E-state index is 0.0424. The third kappa shape index (κ3) is 3.25. The van der Waals surface area contributed by atoms with Gasteiger partial charge in [-0.25, -0.2) is 5.01 Å². The van der Waals surface area contributed by atoms with Crippen LogP contribution in [0, 0.1) is 0 Å². The SMILES string of the molecule is COc1ccc(C2=NN3[C@H](C2)c2cc(Cl)ccc2O[C@@H]3c2cccc(OC)c2)cc1. The number of hydrazone groups is 1. The van der Waals surface area contributed by atoms with Crippen molar-refractivity contribution >= 4 is 17.3 Å². The minimum Gasteiger partial charge on any atom is -0.497 e. The van der Waals surface area contributed by atoms with Crippen molar-refractivity contribution in [3.05, 3.63) is 88.4 Å². The van der Waals surface area contributed by atoms with Gasteiger partial charge in [0.1, 0.15) is 17.2 Å². The third-order valence-electron chi connectivity index (χ3n) is 5.55. The summed E-state index contributed by atoms with van der Waals surface area (Å²) in [4.78, 5) is 0. The van der Waals surface area contributed by atoms with Crippen molar-refractivity contribution in [3.63, 3.8) is 0 Å². The summed E-state index contributed by atoms with van der Waals surface area (Å²) in [6, 6.07) is 21.7. The van der Waals surface area contributed by atoms with E-state index in [1.807, 2.05) is 71.7 Å². The maximum atomic E-state index is 6.39. The number of methoxy groups -OCH3 is 2. The molecule has 30 heavy (non-hydrogen) atoms. The lowest BCUT2D eigenvalue weighted by atomic mass is 9.96. The predicted molar refractivity (Wildman–Crippen MR) is 117 cm³/mol. The predicted octanol–water partition coefficient (Wildman–Crippen LogP) is 5.60. The monoisotopic (exact) mass is 420 g/mol. The van der Waals surface area contributed by atoms with E-state index in [0.717, 1.165) is 46.1 Å². The van der Waals surface area contributed by atoms with Gasteiger partial charge in [0.05, 0.1) is 26.0 Å². The highest BCUT2D eigenvalue weighted by Gasteiger charge is 2.41. The summed E-state index contributed by atoms with van der Waals surface area (Å²) in [5, 5.41) is 7.70. The summed E-state index contributed by atoms with van der Waals surface area (Å²) in [5.41, 5.74) is 4.11. The number of rotatable bonds is 4. The van der Waals surface area contributed by atoms with Crippen molar-refractivity contribution in [3.8, 4) is 17.2 Å². The van der Waals surface area contributed by atoms with Crippen LogP contribution in [0.25, 0.3) is 0 Å². The van der Waals surface area contributed by atoms with Crippen LogP contribution in [0.5, 0.6) is 17.2 Å². The molecule has 5 rings (SSSR count). The highest BCUT2D eigenvalue weighted by atomic mass is 35.5. The van der Waals surface area contributed by atoms with Crippen molar-refractivity contribution < 1.29 is 14.2 Å². The summed E-state index contributed by atoms with van der Waals surface area (Å²) >= 11 is 6.30. The van der Waals surface area contributed by atoms with Gasteiger partial charge in [0.2, 0.25) is 6.23 Å². The van der Waals surface area contributed by atoms with E-state index in [1.54, 1.807) is 14.2 Å². The Morgan fingerprint density at radius 3 is 2.53 bits per heavy atom. The van der Waals surface area contributed by atoms with Crippen LogP contribution in [0.4, 0.5) is 0 Å². The lowest BCUT2D eigenvalue weighted by Crippen LogP contribution is -2.33. The zero-order valence-corrected chi connectivity index (χ0v) is 17.5. The van der Waals surface area contributed by atoms with Gasteiger partial charge in [-0.2, -0.15) is 5.10 Å². The fourth-order valence-electron chi connectivity index (χ4n) is 4.03. The van der Waals surface area contributed by atoms with Gasteiger partial charge in [0.15, 0.2) is 0 Å². The summed E-state index contributed by atoms with van der Waals surface area (Å²) in [7, 11) is 3.33. The number of benzene rings is 3. The van der Waals surface area contributed by atoms with Crippen molar-refractivity contribution in [1.29, 1.82) is 0 Å². The van der Waals surface area contributed by atoms with Crippen LogP contribution in [0.3, 0.4) is 0 Å². The lowest BCUT2D eigenvalue weighted by Gasteiger charge is -2.38. The second-order valence-corrected chi connectivity index (χ2v) is 7.74. The number of hydrogen-bond acceptors (Lipinski definition) is 5. The van der Waals surface area contributed by atoms with Gasteiger partial charge in [0, 0.05) is 22.6 Å². The van der Waals surface area contributed by atoms with Crippen LogP contribution in [0.2, 0.25) is 5.02 Å². The Morgan fingerprint density at radius 1 is 0.967 bits per heavy atom. The molecule has 2 atom stereocenters. The van der Waals surface area contributed by atoms with Gasteiger partial charge < -0.3 is 14.2 Å². The van der Waals surface area contributed by atoms with Crippen LogP contribution < -0.4 is 14.2 Å². The van der Waals surface area contributed by atoms with E-state index in [2.05, 4.69) is 0 Å². The maximum absolute atomic E-state index is 6.39. The number of hydrogen-bond donors (Lipinski definition) is 0. The maximum Gasteiger partial charge on any atom is 0.214 e. The normalized spacial score (nSPS) is 19.4. The molecule has 2 heterocycles. The molecule has 0 radical (unpaired) electrons. The van der Waals surface area contributed by atoms with Gasteiger partial charge in [0.25, 0.3) is 0 Å². The molecule has 6 heteroatoms. The second kappa shape index (κ2) is 7.58. The first-order valence-electron chi connectivity index (χ1n) is 9.76. The van der Waals surface area contributed by atoms with Crippen molar-refractivity contribution in [2.45, 2.75) is 18.7 Å². The summed E-state index contributed by atoms with van der Waals surface area (Å²) < 4.78 is 17.1. The van der Waals surface area contributed by atoms with Crippen molar-refractivity contribution in [2.75, 3.05) is 14.2 Å². The number of halogens is 1. The molecule has 2 aliphatic rings. The first-order valence-corrected chi connectivity index (χ1v) is 10.1. The largest absolute Gasteiger partial charge is 0.497 e. The molecular weight excluding hydrogens is 400 g/mol. The molecule has 0 aromatic heterocycles. The van der Waals surface area contributed by atoms with Gasteiger partial charge >= 0.3 is 0 Å². The molecule has 0 amide bonds. The molecule has 0 aliphatic carbocycles. The highest BCUT2D eigenvalue weighted by molar-refractivity contribution is 6.30. The molecule has 0 fully saturated rings. The molecule has 0 bridgehead atoms. The Balaban J connectivity index is 1.58. The highest BCUT2D eigenvalue weighted by Crippen LogP contribution is 2.48. The fourth-order valence-corrected chi connectivity index (χ4v) is 4.21. The van der Waals surface area contributed by atoms with Crippen LogP contribution >= 0.6 is 11.6 Å². The molecule has 0 saturated heterocycles. The van der Waals surface area contributed by atoms with Gasteiger partial charge in [-0.15, -0.1) is 0 Å². The Hall–Kier alpha value is -3.18. The van der Waals surface area contributed by atoms with Crippen LogP contribution in [0.15, 0.2) is 71.8 Å². The van der Waals surface area contributed by atoms with E-state index in [9.17, 15) is 0 Å². The Morgan fingerprint density at radius 2 is 1.77 bits per heavy atom. The molecular formula is C24H21ClN2O3. The molecule has 0 saturated carbocycles. The molecule has 0 N–H and O–H groups in total. The second-order valence-electron chi connectivity index (χ2n) is 7.30. The van der Waals surface area contributed by atoms with Gasteiger partial charge in [-0.3, -0.25) is 0 Å². The molecule has 5 nitrogen and oxygen atoms in total. The Kier molecular flexibility index (Phi) is 4.75. The van der Waals surface area contributed by atoms with E-state index in [0.29, 0.717) is 5.02 Å². The number of fused-ring (bicyclic) bond motifs is 3. The average Bonchev–Trinajstić information content (AvgIpc) is 3.24. The van der Waals surface area contributed by atoms with Crippen molar-refractivity contribution in [2.24, 2.45) is 5.10 Å². The average molecular weight is 421 g/mol. The third-order valence-corrected chi connectivity index (χ3v) is 5.79. The first-order chi connectivity index (χ1) is 14.7. The molecule has 152 valence electrons. The molecule has 2 aliphatic heterocycles. The van der Waals surface area contributed by atoms with E-state index in [-0.39, 0.29) is 12.3 Å². The quantitative estimate of drug-likeness (QED) is 0.551. The van der Waals surface area contributed by atoms with Crippen molar-refractivity contribution in [1.82, 2.24) is 5.01 Å². The van der Waals surface area contributed by atoms with Crippen LogP contribution in [0.1, 0.15) is 35.4 Å². The Labute approximate surface area is 180 Å². The zero-order valence-electron chi connectivity index (χ0n) is 16.7. The molecule has 3 aromatic rings. The van der Waals surface area contributed by atoms with E-state index in [4.69, 9.17) is 30.9 Å². The zero-order chi connectivity index (χ0) is 20.7. The summed E-state index contributed by atoms with van der Waals surface area (Å²) in [6.45, 7) is 0. The molecule has 0 spiro atoms. The van der Waals surface area contributed by atoms with E-state index < -0.39 is 0 Å². The van der Waals surface area contributed by atoms with Crippen LogP contribution in [-0.4, -0.2) is 24.9 Å².